The van der Waals surface area contributed by atoms with Crippen LogP contribution in [-0.4, -0.2) is 46.8 Å². The Morgan fingerprint density at radius 2 is 1.90 bits per heavy atom. The molecule has 3 heterocycles. The van der Waals surface area contributed by atoms with E-state index in [1.54, 1.807) is 37.4 Å². The molecular formula is C26H20BrCl2N9O2. The normalized spacial score (nSPS) is 11.0. The van der Waals surface area contributed by atoms with Gasteiger partial charge in [-0.15, -0.1) is 10.2 Å². The first-order valence-electron chi connectivity index (χ1n) is 11.8. The number of pyridine rings is 1. The summed E-state index contributed by atoms with van der Waals surface area (Å²) >= 11 is 15.9. The summed E-state index contributed by atoms with van der Waals surface area (Å²) in [4.78, 5) is 31.4. The van der Waals surface area contributed by atoms with Crippen molar-refractivity contribution >= 4 is 56.6 Å². The number of tetrazole rings is 1. The lowest BCUT2D eigenvalue weighted by atomic mass is 10.1. The topological polar surface area (TPSA) is 146 Å². The van der Waals surface area contributed by atoms with E-state index < -0.39 is 11.8 Å². The summed E-state index contributed by atoms with van der Waals surface area (Å²) in [6, 6.07) is 15.5. The third-order valence-electron chi connectivity index (χ3n) is 5.84. The predicted molar refractivity (Wildman–Crippen MR) is 154 cm³/mol. The molecule has 0 bridgehead atoms. The van der Waals surface area contributed by atoms with Gasteiger partial charge in [0.1, 0.15) is 5.69 Å². The molecule has 2 aromatic carbocycles. The Labute approximate surface area is 246 Å². The number of amides is 2. The summed E-state index contributed by atoms with van der Waals surface area (Å²) in [5, 5.41) is 20.7. The first-order valence-corrected chi connectivity index (χ1v) is 13.4. The Balaban J connectivity index is 1.44. The van der Waals surface area contributed by atoms with Crippen molar-refractivity contribution in [3.8, 4) is 17.2 Å². The monoisotopic (exact) mass is 639 g/mol. The molecule has 3 N–H and O–H groups in total. The molecule has 0 unspecified atom stereocenters. The maximum absolute atomic E-state index is 13.5. The molecule has 5 aromatic rings. The quantitative estimate of drug-likeness (QED) is 0.245. The highest BCUT2D eigenvalue weighted by atomic mass is 79.9. The predicted octanol–water partition coefficient (Wildman–Crippen LogP) is 4.89. The standard InChI is InChI=1S/C26H20BrCl2N9O2/c1-14-10-17(28)12-19(23(30)39)22(14)32-26(40)21-13-18(34-38(21)25-20(29)6-3-8-31-25)7-9-37-35-24(33-36-37)15-4-2-5-16(27)11-15/h2-6,8,10-13H,7,9H2,1H3,(H2,30,39)(H,32,40). The average molecular weight is 641 g/mol. The van der Waals surface area contributed by atoms with Gasteiger partial charge < -0.3 is 11.1 Å². The number of rotatable bonds is 8. The van der Waals surface area contributed by atoms with Crippen LogP contribution in [0.1, 0.15) is 32.1 Å². The molecule has 0 aliphatic carbocycles. The Morgan fingerprint density at radius 3 is 2.65 bits per heavy atom. The van der Waals surface area contributed by atoms with Crippen molar-refractivity contribution in [3.63, 3.8) is 0 Å². The molecule has 0 saturated heterocycles. The van der Waals surface area contributed by atoms with Crippen LogP contribution in [0, 0.1) is 6.92 Å². The van der Waals surface area contributed by atoms with Crippen LogP contribution < -0.4 is 11.1 Å². The molecule has 0 saturated carbocycles. The third-order valence-corrected chi connectivity index (χ3v) is 6.85. The van der Waals surface area contributed by atoms with Gasteiger partial charge in [0.05, 0.1) is 28.5 Å². The summed E-state index contributed by atoms with van der Waals surface area (Å²) in [6.45, 7) is 2.05. The van der Waals surface area contributed by atoms with Gasteiger partial charge in [0.15, 0.2) is 5.82 Å². The minimum absolute atomic E-state index is 0.0824. The largest absolute Gasteiger partial charge is 0.366 e. The van der Waals surface area contributed by atoms with Gasteiger partial charge in [-0.3, -0.25) is 9.59 Å². The van der Waals surface area contributed by atoms with E-state index in [1.807, 2.05) is 24.3 Å². The fourth-order valence-corrected chi connectivity index (χ4v) is 4.86. The molecule has 0 atom stereocenters. The number of primary amides is 1. The van der Waals surface area contributed by atoms with Crippen molar-refractivity contribution in [2.75, 3.05) is 5.32 Å². The SMILES string of the molecule is Cc1cc(Cl)cc(C(N)=O)c1NC(=O)c1cc(CCn2nnc(-c3cccc(Br)c3)n2)nn1-c1ncccc1Cl. The van der Waals surface area contributed by atoms with Gasteiger partial charge in [-0.2, -0.15) is 9.90 Å². The zero-order valence-electron chi connectivity index (χ0n) is 20.8. The molecule has 0 aliphatic rings. The highest BCUT2D eigenvalue weighted by molar-refractivity contribution is 9.10. The number of nitrogens with two attached hydrogens (primary N) is 1. The van der Waals surface area contributed by atoms with E-state index in [2.05, 4.69) is 46.7 Å². The second-order valence-electron chi connectivity index (χ2n) is 8.67. The Hall–Kier alpha value is -4.13. The van der Waals surface area contributed by atoms with E-state index >= 15 is 0 Å². The van der Waals surface area contributed by atoms with Crippen LogP contribution in [0.2, 0.25) is 10.0 Å². The van der Waals surface area contributed by atoms with E-state index in [1.165, 1.54) is 15.5 Å². The van der Waals surface area contributed by atoms with E-state index in [4.69, 9.17) is 28.9 Å². The van der Waals surface area contributed by atoms with Crippen molar-refractivity contribution in [2.24, 2.45) is 5.73 Å². The number of carbonyl (C=O) groups excluding carboxylic acids is 2. The van der Waals surface area contributed by atoms with Gasteiger partial charge in [-0.1, -0.05) is 51.3 Å². The molecular weight excluding hydrogens is 621 g/mol. The summed E-state index contributed by atoms with van der Waals surface area (Å²) in [5.74, 6) is -0.537. The lowest BCUT2D eigenvalue weighted by Gasteiger charge is -2.13. The van der Waals surface area contributed by atoms with Crippen molar-refractivity contribution in [3.05, 3.63) is 97.8 Å². The number of hydrogen-bond acceptors (Lipinski definition) is 7. The lowest BCUT2D eigenvalue weighted by molar-refractivity contribution is 0.100. The number of anilines is 1. The fourth-order valence-electron chi connectivity index (χ4n) is 3.99. The third kappa shape index (κ3) is 5.88. The highest BCUT2D eigenvalue weighted by Crippen LogP contribution is 2.27. The van der Waals surface area contributed by atoms with Crippen LogP contribution in [0.5, 0.6) is 0 Å². The molecule has 202 valence electrons. The van der Waals surface area contributed by atoms with Gasteiger partial charge in [-0.25, -0.2) is 9.67 Å². The van der Waals surface area contributed by atoms with Crippen molar-refractivity contribution in [1.82, 2.24) is 35.0 Å². The zero-order chi connectivity index (χ0) is 28.4. The van der Waals surface area contributed by atoms with E-state index in [0.29, 0.717) is 40.1 Å². The smallest absolute Gasteiger partial charge is 0.274 e. The van der Waals surface area contributed by atoms with Gasteiger partial charge in [-0.05, 0) is 60.2 Å². The van der Waals surface area contributed by atoms with E-state index in [0.717, 1.165) is 10.0 Å². The van der Waals surface area contributed by atoms with Gasteiger partial charge >= 0.3 is 0 Å². The molecule has 0 fully saturated rings. The van der Waals surface area contributed by atoms with Gasteiger partial charge in [0.25, 0.3) is 11.8 Å². The number of nitrogens with one attached hydrogen (secondary N) is 1. The minimum Gasteiger partial charge on any atom is -0.366 e. The fraction of sp³-hybridized carbons (Fsp3) is 0.115. The Kier molecular flexibility index (Phi) is 7.92. The molecule has 14 heteroatoms. The number of halogens is 3. The molecule has 2 amide bonds. The molecule has 0 spiro atoms. The van der Waals surface area contributed by atoms with E-state index in [-0.39, 0.29) is 22.8 Å². The summed E-state index contributed by atoms with van der Waals surface area (Å²) < 4.78 is 2.26. The van der Waals surface area contributed by atoms with Crippen LogP contribution in [-0.2, 0) is 13.0 Å². The Morgan fingerprint density at radius 1 is 1.07 bits per heavy atom. The highest BCUT2D eigenvalue weighted by Gasteiger charge is 2.22. The van der Waals surface area contributed by atoms with Crippen molar-refractivity contribution in [2.45, 2.75) is 19.9 Å². The van der Waals surface area contributed by atoms with Crippen molar-refractivity contribution < 1.29 is 9.59 Å². The average Bonchev–Trinajstić information content (AvgIpc) is 3.56. The lowest BCUT2D eigenvalue weighted by Crippen LogP contribution is -2.21. The number of hydrogen-bond donors (Lipinski definition) is 2. The second-order valence-corrected chi connectivity index (χ2v) is 10.4. The molecule has 5 rings (SSSR count). The van der Waals surface area contributed by atoms with Gasteiger partial charge in [0.2, 0.25) is 5.82 Å². The summed E-state index contributed by atoms with van der Waals surface area (Å²) in [5.41, 5.74) is 7.94. The summed E-state index contributed by atoms with van der Waals surface area (Å²) in [6.07, 6.45) is 1.92. The first-order chi connectivity index (χ1) is 19.2. The number of benzene rings is 2. The molecule has 0 aliphatic heterocycles. The molecule has 40 heavy (non-hydrogen) atoms. The van der Waals surface area contributed by atoms with Crippen LogP contribution in [0.15, 0.2) is 65.3 Å². The summed E-state index contributed by atoms with van der Waals surface area (Å²) in [7, 11) is 0. The second kappa shape index (κ2) is 11.5. The zero-order valence-corrected chi connectivity index (χ0v) is 23.9. The number of aryl methyl sites for hydroxylation is 3. The number of carbonyl (C=O) groups is 2. The minimum atomic E-state index is -0.731. The maximum atomic E-state index is 13.5. The Bertz CT molecular complexity index is 1750. The maximum Gasteiger partial charge on any atom is 0.274 e. The number of nitrogens with zero attached hydrogens (tertiary/aromatic N) is 7. The van der Waals surface area contributed by atoms with Crippen LogP contribution in [0.25, 0.3) is 17.2 Å². The van der Waals surface area contributed by atoms with E-state index in [9.17, 15) is 9.59 Å². The molecule has 0 radical (unpaired) electrons. The number of aromatic nitrogens is 7. The van der Waals surface area contributed by atoms with Crippen LogP contribution in [0.4, 0.5) is 5.69 Å². The molecule has 11 nitrogen and oxygen atoms in total. The van der Waals surface area contributed by atoms with Gasteiger partial charge in [0, 0.05) is 27.7 Å². The van der Waals surface area contributed by atoms with Crippen LogP contribution >= 0.6 is 39.1 Å². The van der Waals surface area contributed by atoms with Crippen LogP contribution in [0.3, 0.4) is 0 Å². The first kappa shape index (κ1) is 27.4. The molecule has 3 aromatic heterocycles. The van der Waals surface area contributed by atoms with Crippen molar-refractivity contribution in [1.29, 1.82) is 0 Å².